The van der Waals surface area contributed by atoms with Gasteiger partial charge >= 0.3 is 5.97 Å². The molecule has 1 unspecified atom stereocenters. The van der Waals surface area contributed by atoms with E-state index in [4.69, 9.17) is 9.84 Å². The molecule has 1 aromatic heterocycles. The number of carbonyl (C=O) groups is 1. The number of ether oxygens (including phenoxy) is 1. The fraction of sp³-hybridized carbons (Fsp3) is 0.214. The zero-order chi connectivity index (χ0) is 14.7. The van der Waals surface area contributed by atoms with E-state index < -0.39 is 5.97 Å². The van der Waals surface area contributed by atoms with Gasteiger partial charge in [-0.3, -0.25) is 0 Å². The van der Waals surface area contributed by atoms with E-state index >= 15 is 0 Å². The summed E-state index contributed by atoms with van der Waals surface area (Å²) in [5, 5.41) is 14.4. The Morgan fingerprint density at radius 3 is 2.75 bits per heavy atom. The monoisotopic (exact) mass is 355 g/mol. The number of aromatic carboxylic acids is 1. The number of methoxy groups -OCH3 is 1. The van der Waals surface area contributed by atoms with Gasteiger partial charge in [-0.25, -0.2) is 4.79 Å². The molecule has 0 saturated carbocycles. The molecule has 1 aromatic carbocycles. The Balaban J connectivity index is 2.27. The molecule has 6 heteroatoms. The summed E-state index contributed by atoms with van der Waals surface area (Å²) in [5.74, 6) is -0.334. The zero-order valence-electron chi connectivity index (χ0n) is 11.0. The second kappa shape index (κ2) is 6.28. The molecule has 2 aromatic rings. The summed E-state index contributed by atoms with van der Waals surface area (Å²) in [4.78, 5) is 12.2. The third-order valence-electron chi connectivity index (χ3n) is 2.83. The highest BCUT2D eigenvalue weighted by Gasteiger charge is 2.13. The smallest absolute Gasteiger partial charge is 0.335 e. The molecule has 106 valence electrons. The molecule has 0 amide bonds. The van der Waals surface area contributed by atoms with Crippen LogP contribution in [0.3, 0.4) is 0 Å². The van der Waals surface area contributed by atoms with Crippen LogP contribution in [0.4, 0.5) is 5.69 Å². The summed E-state index contributed by atoms with van der Waals surface area (Å²) in [6.07, 6.45) is 0. The molecule has 2 N–H and O–H groups in total. The quantitative estimate of drug-likeness (QED) is 0.834. The van der Waals surface area contributed by atoms with Crippen molar-refractivity contribution in [2.75, 3.05) is 12.4 Å². The first-order valence-electron chi connectivity index (χ1n) is 5.93. The topological polar surface area (TPSA) is 58.6 Å². The lowest BCUT2D eigenvalue weighted by Gasteiger charge is -2.17. The van der Waals surface area contributed by atoms with Gasteiger partial charge in [-0.15, -0.1) is 11.3 Å². The van der Waals surface area contributed by atoms with Crippen LogP contribution in [0.15, 0.2) is 34.1 Å². The van der Waals surface area contributed by atoms with Crippen LogP contribution in [0.1, 0.15) is 28.2 Å². The largest absolute Gasteiger partial charge is 0.495 e. The number of nitrogens with one attached hydrogen (secondary N) is 1. The number of thiophene rings is 1. The number of rotatable bonds is 5. The second-order valence-electron chi connectivity index (χ2n) is 4.25. The van der Waals surface area contributed by atoms with Gasteiger partial charge in [-0.2, -0.15) is 0 Å². The molecule has 0 spiro atoms. The standard InChI is InChI=1S/C14H14BrNO3S/c1-8(13-6-10(15)7-20-13)16-11-5-9(14(17)18)3-4-12(11)19-2/h3-8,16H,1-2H3,(H,17,18). The number of carboxylic acid groups (broad SMARTS) is 1. The fourth-order valence-corrected chi connectivity index (χ4v) is 3.27. The molecule has 0 aliphatic rings. The van der Waals surface area contributed by atoms with Crippen LogP contribution in [0, 0.1) is 0 Å². The Morgan fingerprint density at radius 1 is 1.45 bits per heavy atom. The van der Waals surface area contributed by atoms with E-state index in [1.807, 2.05) is 18.4 Å². The van der Waals surface area contributed by atoms with Crippen molar-refractivity contribution in [3.8, 4) is 5.75 Å². The van der Waals surface area contributed by atoms with Crippen molar-refractivity contribution >= 4 is 38.9 Å². The third-order valence-corrected chi connectivity index (χ3v) is 4.71. The maximum Gasteiger partial charge on any atom is 0.335 e. The second-order valence-corrected chi connectivity index (χ2v) is 6.11. The maximum atomic E-state index is 11.0. The van der Waals surface area contributed by atoms with Crippen LogP contribution >= 0.6 is 27.3 Å². The van der Waals surface area contributed by atoms with Crippen molar-refractivity contribution in [1.29, 1.82) is 0 Å². The van der Waals surface area contributed by atoms with Crippen LogP contribution < -0.4 is 10.1 Å². The summed E-state index contributed by atoms with van der Waals surface area (Å²) in [5.41, 5.74) is 0.900. The van der Waals surface area contributed by atoms with Crippen LogP contribution in [0.2, 0.25) is 0 Å². The minimum Gasteiger partial charge on any atom is -0.495 e. The molecule has 20 heavy (non-hydrogen) atoms. The van der Waals surface area contributed by atoms with Gasteiger partial charge in [0.2, 0.25) is 0 Å². The summed E-state index contributed by atoms with van der Waals surface area (Å²) in [6.45, 7) is 2.02. The molecular weight excluding hydrogens is 342 g/mol. The Hall–Kier alpha value is -1.53. The van der Waals surface area contributed by atoms with Crippen LogP contribution in [-0.2, 0) is 0 Å². The Bertz CT molecular complexity index is 627. The number of hydrogen-bond donors (Lipinski definition) is 2. The zero-order valence-corrected chi connectivity index (χ0v) is 13.4. The van der Waals surface area contributed by atoms with Gasteiger partial charge in [0.05, 0.1) is 24.4 Å². The predicted octanol–water partition coefficient (Wildman–Crippen LogP) is 4.39. The van der Waals surface area contributed by atoms with E-state index in [0.29, 0.717) is 11.4 Å². The van der Waals surface area contributed by atoms with Gasteiger partial charge in [0, 0.05) is 14.7 Å². The number of anilines is 1. The lowest BCUT2D eigenvalue weighted by Crippen LogP contribution is -2.07. The molecule has 0 radical (unpaired) electrons. The van der Waals surface area contributed by atoms with E-state index in [1.54, 1.807) is 30.6 Å². The molecule has 4 nitrogen and oxygen atoms in total. The van der Waals surface area contributed by atoms with E-state index in [1.165, 1.54) is 6.07 Å². The molecular formula is C14H14BrNO3S. The van der Waals surface area contributed by atoms with Crippen molar-refractivity contribution < 1.29 is 14.6 Å². The first-order valence-corrected chi connectivity index (χ1v) is 7.60. The third kappa shape index (κ3) is 3.32. The highest BCUT2D eigenvalue weighted by molar-refractivity contribution is 9.10. The molecule has 1 atom stereocenters. The molecule has 0 bridgehead atoms. The van der Waals surface area contributed by atoms with E-state index in [-0.39, 0.29) is 11.6 Å². The van der Waals surface area contributed by atoms with Crippen LogP contribution in [-0.4, -0.2) is 18.2 Å². The molecule has 2 rings (SSSR count). The fourth-order valence-electron chi connectivity index (χ4n) is 1.81. The van der Waals surface area contributed by atoms with Crippen molar-refractivity contribution in [1.82, 2.24) is 0 Å². The molecule has 0 aliphatic heterocycles. The van der Waals surface area contributed by atoms with Gasteiger partial charge in [0.25, 0.3) is 0 Å². The SMILES string of the molecule is COc1ccc(C(=O)O)cc1NC(C)c1cc(Br)cs1. The van der Waals surface area contributed by atoms with Crippen LogP contribution in [0.25, 0.3) is 0 Å². The molecule has 0 saturated heterocycles. The Kier molecular flexibility index (Phi) is 4.67. The van der Waals surface area contributed by atoms with E-state index in [0.717, 1.165) is 9.35 Å². The summed E-state index contributed by atoms with van der Waals surface area (Å²) >= 11 is 5.06. The highest BCUT2D eigenvalue weighted by atomic mass is 79.9. The van der Waals surface area contributed by atoms with E-state index in [9.17, 15) is 4.79 Å². The highest BCUT2D eigenvalue weighted by Crippen LogP contribution is 2.32. The number of halogens is 1. The number of carboxylic acids is 1. The van der Waals surface area contributed by atoms with Gasteiger partial charge in [0.1, 0.15) is 5.75 Å². The van der Waals surface area contributed by atoms with E-state index in [2.05, 4.69) is 21.2 Å². The van der Waals surface area contributed by atoms with Crippen molar-refractivity contribution in [3.05, 3.63) is 44.6 Å². The summed E-state index contributed by atoms with van der Waals surface area (Å²) in [7, 11) is 1.56. The minimum absolute atomic E-state index is 0.0595. The first kappa shape index (κ1) is 14.9. The Morgan fingerprint density at radius 2 is 2.20 bits per heavy atom. The normalized spacial score (nSPS) is 11.9. The molecule has 0 fully saturated rings. The van der Waals surface area contributed by atoms with Gasteiger partial charge in [0.15, 0.2) is 0 Å². The van der Waals surface area contributed by atoms with Gasteiger partial charge < -0.3 is 15.2 Å². The number of benzene rings is 1. The average molecular weight is 356 g/mol. The first-order chi connectivity index (χ1) is 9.51. The molecule has 1 heterocycles. The minimum atomic E-state index is -0.956. The van der Waals surface area contributed by atoms with Crippen molar-refractivity contribution in [2.45, 2.75) is 13.0 Å². The van der Waals surface area contributed by atoms with Gasteiger partial charge in [-0.05, 0) is 47.1 Å². The van der Waals surface area contributed by atoms with Crippen LogP contribution in [0.5, 0.6) is 5.75 Å². The van der Waals surface area contributed by atoms with Crippen molar-refractivity contribution in [2.24, 2.45) is 0 Å². The predicted molar refractivity (Wildman–Crippen MR) is 84.0 cm³/mol. The average Bonchev–Trinajstić information content (AvgIpc) is 2.85. The van der Waals surface area contributed by atoms with Crippen molar-refractivity contribution in [3.63, 3.8) is 0 Å². The lowest BCUT2D eigenvalue weighted by molar-refractivity contribution is 0.0697. The Labute approximate surface area is 129 Å². The lowest BCUT2D eigenvalue weighted by atomic mass is 10.1. The number of hydrogen-bond acceptors (Lipinski definition) is 4. The van der Waals surface area contributed by atoms with Gasteiger partial charge in [-0.1, -0.05) is 0 Å². The molecule has 0 aliphatic carbocycles. The maximum absolute atomic E-state index is 11.0. The summed E-state index contributed by atoms with van der Waals surface area (Å²) in [6, 6.07) is 6.86. The summed E-state index contributed by atoms with van der Waals surface area (Å²) < 4.78 is 6.30.